The molecule has 1 aliphatic rings. The number of likely N-dealkylation sites (tertiary alicyclic amines) is 1. The van der Waals surface area contributed by atoms with Gasteiger partial charge in [-0.15, -0.1) is 0 Å². The van der Waals surface area contributed by atoms with Crippen molar-refractivity contribution in [3.63, 3.8) is 0 Å². The predicted octanol–water partition coefficient (Wildman–Crippen LogP) is 2.82. The van der Waals surface area contributed by atoms with Crippen LogP contribution in [0, 0.1) is 5.92 Å². The first-order valence-electron chi connectivity index (χ1n) is 9.40. The molecule has 0 spiro atoms. The fraction of sp³-hybridized carbons (Fsp3) is 0.650. The monoisotopic (exact) mass is 346 g/mol. The molecule has 5 heteroatoms. The summed E-state index contributed by atoms with van der Waals surface area (Å²) < 4.78 is 5.44. The fourth-order valence-corrected chi connectivity index (χ4v) is 3.54. The molecule has 1 fully saturated rings. The van der Waals surface area contributed by atoms with E-state index in [2.05, 4.69) is 40.1 Å². The highest BCUT2D eigenvalue weighted by molar-refractivity contribution is 5.79. The van der Waals surface area contributed by atoms with Crippen molar-refractivity contribution >= 4 is 5.96 Å². The van der Waals surface area contributed by atoms with Gasteiger partial charge in [-0.3, -0.25) is 4.99 Å². The molecule has 1 unspecified atom stereocenters. The number of hydrogen-bond acceptors (Lipinski definition) is 3. The molecule has 0 aliphatic carbocycles. The predicted molar refractivity (Wildman–Crippen MR) is 105 cm³/mol. The van der Waals surface area contributed by atoms with Gasteiger partial charge in [-0.1, -0.05) is 25.1 Å². The van der Waals surface area contributed by atoms with Crippen LogP contribution in [0.15, 0.2) is 29.3 Å². The molecule has 1 N–H and O–H groups in total. The molecule has 1 aliphatic heterocycles. The van der Waals surface area contributed by atoms with Gasteiger partial charge >= 0.3 is 0 Å². The van der Waals surface area contributed by atoms with Crippen LogP contribution in [0.5, 0.6) is 5.75 Å². The molecule has 1 heterocycles. The molecule has 2 rings (SSSR count). The Morgan fingerprint density at radius 2 is 2.20 bits per heavy atom. The highest BCUT2D eigenvalue weighted by Crippen LogP contribution is 2.18. The number of aliphatic imine (C=N–C) groups is 1. The van der Waals surface area contributed by atoms with Crippen molar-refractivity contribution in [2.24, 2.45) is 10.9 Å². The van der Waals surface area contributed by atoms with E-state index in [-0.39, 0.29) is 0 Å². The average Bonchev–Trinajstić information content (AvgIpc) is 2.62. The molecule has 0 amide bonds. The van der Waals surface area contributed by atoms with E-state index in [1.807, 2.05) is 25.2 Å². The topological polar surface area (TPSA) is 40.1 Å². The zero-order chi connectivity index (χ0) is 18.1. The second-order valence-corrected chi connectivity index (χ2v) is 7.04. The molecule has 0 radical (unpaired) electrons. The molecule has 0 saturated carbocycles. The minimum absolute atomic E-state index is 0.771. The molecule has 25 heavy (non-hydrogen) atoms. The van der Waals surface area contributed by atoms with Crippen LogP contribution < -0.4 is 10.1 Å². The van der Waals surface area contributed by atoms with Crippen molar-refractivity contribution in [1.82, 2.24) is 15.1 Å². The van der Waals surface area contributed by atoms with Gasteiger partial charge in [0.2, 0.25) is 0 Å². The van der Waals surface area contributed by atoms with Crippen molar-refractivity contribution in [2.75, 3.05) is 47.4 Å². The highest BCUT2D eigenvalue weighted by atomic mass is 16.5. The van der Waals surface area contributed by atoms with Crippen LogP contribution in [0.3, 0.4) is 0 Å². The first-order valence-corrected chi connectivity index (χ1v) is 9.40. The smallest absolute Gasteiger partial charge is 0.193 e. The first-order chi connectivity index (χ1) is 12.1. The van der Waals surface area contributed by atoms with Crippen molar-refractivity contribution in [1.29, 1.82) is 0 Å². The Morgan fingerprint density at radius 3 is 2.92 bits per heavy atom. The number of nitrogens with one attached hydrogen (secondary N) is 1. The molecular weight excluding hydrogens is 312 g/mol. The van der Waals surface area contributed by atoms with Gasteiger partial charge in [-0.25, -0.2) is 0 Å². The van der Waals surface area contributed by atoms with E-state index in [0.717, 1.165) is 42.7 Å². The standard InChI is InChI=1S/C20H34N4O/c1-17-9-7-13-24(15-17)14-8-12-22-20(21-2)23(3)16-18-10-5-6-11-19(18)25-4/h5-6,10-11,17H,7-9,12-16H2,1-4H3,(H,21,22). The van der Waals surface area contributed by atoms with Gasteiger partial charge < -0.3 is 19.9 Å². The summed E-state index contributed by atoms with van der Waals surface area (Å²) >= 11 is 0. The van der Waals surface area contributed by atoms with Crippen LogP contribution in [-0.2, 0) is 6.54 Å². The number of para-hydroxylation sites is 1. The summed E-state index contributed by atoms with van der Waals surface area (Å²) in [5.74, 6) is 2.70. The van der Waals surface area contributed by atoms with Crippen LogP contribution in [0.2, 0.25) is 0 Å². The number of rotatable bonds is 7. The summed E-state index contributed by atoms with van der Waals surface area (Å²) in [7, 11) is 5.62. The molecule has 0 aromatic heterocycles. The Balaban J connectivity index is 1.75. The van der Waals surface area contributed by atoms with Gasteiger partial charge in [0.05, 0.1) is 7.11 Å². The van der Waals surface area contributed by atoms with Gasteiger partial charge in [0.1, 0.15) is 5.75 Å². The summed E-state index contributed by atoms with van der Waals surface area (Å²) in [5.41, 5.74) is 1.16. The fourth-order valence-electron chi connectivity index (χ4n) is 3.54. The number of guanidine groups is 1. The molecule has 5 nitrogen and oxygen atoms in total. The normalized spacial score (nSPS) is 18.9. The lowest BCUT2D eigenvalue weighted by Gasteiger charge is -2.31. The maximum absolute atomic E-state index is 5.44. The van der Waals surface area contributed by atoms with E-state index in [1.54, 1.807) is 7.11 Å². The third-order valence-electron chi connectivity index (χ3n) is 4.85. The molecular formula is C20H34N4O. The summed E-state index contributed by atoms with van der Waals surface area (Å²) in [6.07, 6.45) is 3.88. The van der Waals surface area contributed by atoms with Gasteiger partial charge in [-0.05, 0) is 44.3 Å². The summed E-state index contributed by atoms with van der Waals surface area (Å²) in [5, 5.41) is 3.49. The first kappa shape index (κ1) is 19.6. The average molecular weight is 347 g/mol. The third kappa shape index (κ3) is 6.24. The van der Waals surface area contributed by atoms with Crippen LogP contribution >= 0.6 is 0 Å². The molecule has 0 bridgehead atoms. The maximum Gasteiger partial charge on any atom is 0.193 e. The number of ether oxygens (including phenoxy) is 1. The highest BCUT2D eigenvalue weighted by Gasteiger charge is 2.15. The van der Waals surface area contributed by atoms with Gasteiger partial charge in [0.15, 0.2) is 5.96 Å². The van der Waals surface area contributed by atoms with Crippen LogP contribution in [0.25, 0.3) is 0 Å². The van der Waals surface area contributed by atoms with E-state index in [0.29, 0.717) is 0 Å². The van der Waals surface area contributed by atoms with Crippen molar-refractivity contribution in [2.45, 2.75) is 32.7 Å². The number of hydrogen-bond donors (Lipinski definition) is 1. The van der Waals surface area contributed by atoms with E-state index < -0.39 is 0 Å². The van der Waals surface area contributed by atoms with Crippen molar-refractivity contribution in [3.05, 3.63) is 29.8 Å². The second kappa shape index (κ2) is 10.3. The van der Waals surface area contributed by atoms with Crippen LogP contribution in [0.4, 0.5) is 0 Å². The summed E-state index contributed by atoms with van der Waals surface area (Å²) in [6.45, 7) is 7.76. The van der Waals surface area contributed by atoms with E-state index in [9.17, 15) is 0 Å². The molecule has 1 aromatic carbocycles. The Morgan fingerprint density at radius 1 is 1.40 bits per heavy atom. The Hall–Kier alpha value is -1.75. The lowest BCUT2D eigenvalue weighted by molar-refractivity contribution is 0.182. The minimum Gasteiger partial charge on any atom is -0.496 e. The maximum atomic E-state index is 5.44. The zero-order valence-corrected chi connectivity index (χ0v) is 16.3. The lowest BCUT2D eigenvalue weighted by Crippen LogP contribution is -2.40. The van der Waals surface area contributed by atoms with Crippen LogP contribution in [0.1, 0.15) is 31.7 Å². The molecule has 1 saturated heterocycles. The summed E-state index contributed by atoms with van der Waals surface area (Å²) in [4.78, 5) is 9.15. The van der Waals surface area contributed by atoms with Gasteiger partial charge in [-0.2, -0.15) is 0 Å². The van der Waals surface area contributed by atoms with Crippen LogP contribution in [-0.4, -0.2) is 63.1 Å². The summed E-state index contributed by atoms with van der Waals surface area (Å²) in [6, 6.07) is 8.14. The molecule has 140 valence electrons. The molecule has 1 aromatic rings. The third-order valence-corrected chi connectivity index (χ3v) is 4.85. The quantitative estimate of drug-likeness (QED) is 0.468. The second-order valence-electron chi connectivity index (χ2n) is 7.04. The minimum atomic E-state index is 0.771. The van der Waals surface area contributed by atoms with Gasteiger partial charge in [0.25, 0.3) is 0 Å². The van der Waals surface area contributed by atoms with E-state index >= 15 is 0 Å². The van der Waals surface area contributed by atoms with E-state index in [4.69, 9.17) is 4.74 Å². The SMILES string of the molecule is CN=C(NCCCN1CCCC(C)C1)N(C)Cc1ccccc1OC. The van der Waals surface area contributed by atoms with Crippen molar-refractivity contribution < 1.29 is 4.74 Å². The lowest BCUT2D eigenvalue weighted by atomic mass is 10.0. The van der Waals surface area contributed by atoms with E-state index in [1.165, 1.54) is 32.5 Å². The number of methoxy groups -OCH3 is 1. The number of nitrogens with zero attached hydrogens (tertiary/aromatic N) is 3. The number of piperidine rings is 1. The number of benzene rings is 1. The Labute approximate surface area is 153 Å². The Kier molecular flexibility index (Phi) is 8.06. The van der Waals surface area contributed by atoms with Crippen molar-refractivity contribution in [3.8, 4) is 5.75 Å². The largest absolute Gasteiger partial charge is 0.496 e. The zero-order valence-electron chi connectivity index (χ0n) is 16.3. The Bertz CT molecular complexity index is 546. The van der Waals surface area contributed by atoms with Gasteiger partial charge in [0, 0.05) is 39.3 Å². The molecule has 1 atom stereocenters.